The maximum absolute atomic E-state index is 13.2. The average Bonchev–Trinajstić information content (AvgIpc) is 3.17. The zero-order valence-corrected chi connectivity index (χ0v) is 14.6. The van der Waals surface area contributed by atoms with Crippen molar-refractivity contribution in [1.82, 2.24) is 4.72 Å². The van der Waals surface area contributed by atoms with E-state index in [9.17, 15) is 12.8 Å². The molecule has 3 nitrogen and oxygen atoms in total. The van der Waals surface area contributed by atoms with Gasteiger partial charge in [0.25, 0.3) is 0 Å². The molecule has 23 heavy (non-hydrogen) atoms. The predicted molar refractivity (Wildman–Crippen MR) is 90.8 cm³/mol. The van der Waals surface area contributed by atoms with E-state index in [2.05, 4.69) is 10.8 Å². The average molecular weight is 353 g/mol. The first-order valence-corrected chi connectivity index (χ1v) is 10.1. The number of thiophene rings is 1. The highest BCUT2D eigenvalue weighted by atomic mass is 32.2. The number of benzene rings is 1. The van der Waals surface area contributed by atoms with Gasteiger partial charge in [0.1, 0.15) is 5.82 Å². The summed E-state index contributed by atoms with van der Waals surface area (Å²) < 4.78 is 41.2. The van der Waals surface area contributed by atoms with Crippen molar-refractivity contribution in [3.8, 4) is 0 Å². The van der Waals surface area contributed by atoms with E-state index >= 15 is 0 Å². The fourth-order valence-electron chi connectivity index (χ4n) is 3.37. The maximum atomic E-state index is 13.2. The van der Waals surface area contributed by atoms with Crippen molar-refractivity contribution in [2.45, 2.75) is 42.9 Å². The van der Waals surface area contributed by atoms with Crippen molar-refractivity contribution < 1.29 is 12.8 Å². The van der Waals surface area contributed by atoms with Gasteiger partial charge in [-0.15, -0.1) is 11.3 Å². The molecule has 2 aromatic rings. The molecule has 0 spiro atoms. The molecule has 3 rings (SSSR count). The molecule has 1 aliphatic carbocycles. The molecule has 1 aromatic heterocycles. The van der Waals surface area contributed by atoms with Gasteiger partial charge in [0, 0.05) is 16.8 Å². The van der Waals surface area contributed by atoms with Crippen LogP contribution in [0, 0.1) is 12.7 Å². The number of nitrogens with one attached hydrogen (secondary N) is 1. The van der Waals surface area contributed by atoms with Gasteiger partial charge in [-0.25, -0.2) is 17.5 Å². The Hall–Kier alpha value is -1.24. The quantitative estimate of drug-likeness (QED) is 0.883. The highest BCUT2D eigenvalue weighted by Gasteiger charge is 2.37. The lowest BCUT2D eigenvalue weighted by molar-refractivity contribution is 0.440. The fraction of sp³-hybridized carbons (Fsp3) is 0.412. The molecule has 6 heteroatoms. The van der Waals surface area contributed by atoms with Crippen molar-refractivity contribution in [3.63, 3.8) is 0 Å². The van der Waals surface area contributed by atoms with Gasteiger partial charge in [-0.1, -0.05) is 18.9 Å². The van der Waals surface area contributed by atoms with E-state index in [4.69, 9.17) is 0 Å². The van der Waals surface area contributed by atoms with Crippen LogP contribution in [0.2, 0.25) is 0 Å². The van der Waals surface area contributed by atoms with Crippen molar-refractivity contribution in [1.29, 1.82) is 0 Å². The van der Waals surface area contributed by atoms with E-state index in [1.807, 2.05) is 11.4 Å². The predicted octanol–water partition coefficient (Wildman–Crippen LogP) is 3.99. The summed E-state index contributed by atoms with van der Waals surface area (Å²) in [5.74, 6) is -0.424. The molecular formula is C17H20FNO2S2. The Bertz CT molecular complexity index is 779. The monoisotopic (exact) mass is 353 g/mol. The van der Waals surface area contributed by atoms with Gasteiger partial charge in [-0.3, -0.25) is 0 Å². The SMILES string of the molecule is Cc1cc(F)ccc1S(=O)(=O)NCC1(c2cccs2)CCCC1. The minimum Gasteiger partial charge on any atom is -0.210 e. The van der Waals surface area contributed by atoms with Crippen LogP contribution >= 0.6 is 11.3 Å². The van der Waals surface area contributed by atoms with Crippen LogP contribution in [0.5, 0.6) is 0 Å². The van der Waals surface area contributed by atoms with Gasteiger partial charge in [0.05, 0.1) is 4.90 Å². The first-order valence-electron chi connectivity index (χ1n) is 7.73. The molecule has 0 unspecified atom stereocenters. The summed E-state index contributed by atoms with van der Waals surface area (Å²) in [6.45, 7) is 2.01. The Morgan fingerprint density at radius 1 is 1.26 bits per heavy atom. The molecule has 0 aliphatic heterocycles. The van der Waals surface area contributed by atoms with Gasteiger partial charge >= 0.3 is 0 Å². The molecule has 124 valence electrons. The van der Waals surface area contributed by atoms with Crippen LogP contribution in [0.25, 0.3) is 0 Å². The topological polar surface area (TPSA) is 46.2 Å². The van der Waals surface area contributed by atoms with Gasteiger partial charge in [-0.05, 0) is 55.0 Å². The largest absolute Gasteiger partial charge is 0.240 e. The molecule has 0 saturated heterocycles. The molecule has 0 amide bonds. The van der Waals surface area contributed by atoms with Crippen LogP contribution in [0.15, 0.2) is 40.6 Å². The molecule has 0 bridgehead atoms. The zero-order chi connectivity index (χ0) is 16.5. The van der Waals surface area contributed by atoms with Crippen LogP contribution in [0.4, 0.5) is 4.39 Å². The molecule has 0 radical (unpaired) electrons. The molecule has 1 fully saturated rings. The molecule has 1 aromatic carbocycles. The third-order valence-electron chi connectivity index (χ3n) is 4.63. The molecule has 1 saturated carbocycles. The van der Waals surface area contributed by atoms with Gasteiger partial charge in [-0.2, -0.15) is 0 Å². The molecule has 1 aliphatic rings. The summed E-state index contributed by atoms with van der Waals surface area (Å²) in [6, 6.07) is 7.87. The third kappa shape index (κ3) is 3.34. The lowest BCUT2D eigenvalue weighted by Crippen LogP contribution is -2.38. The number of aryl methyl sites for hydroxylation is 1. The standard InChI is InChI=1S/C17H20FNO2S2/c1-13-11-14(18)6-7-15(13)23(20,21)19-12-17(8-2-3-9-17)16-5-4-10-22-16/h4-7,10-11,19H,2-3,8-9,12H2,1H3. The Balaban J connectivity index is 1.83. The summed E-state index contributed by atoms with van der Waals surface area (Å²) in [5.41, 5.74) is 0.323. The minimum atomic E-state index is -3.64. The van der Waals surface area contributed by atoms with Crippen molar-refractivity contribution in [2.75, 3.05) is 6.54 Å². The number of sulfonamides is 1. The molecule has 0 atom stereocenters. The van der Waals surface area contributed by atoms with E-state index in [1.165, 1.54) is 23.1 Å². The summed E-state index contributed by atoms with van der Waals surface area (Å²) in [5, 5.41) is 2.04. The first kappa shape index (κ1) is 16.6. The lowest BCUT2D eigenvalue weighted by atomic mass is 9.85. The maximum Gasteiger partial charge on any atom is 0.240 e. The first-order chi connectivity index (χ1) is 10.9. The number of halogens is 1. The van der Waals surface area contributed by atoms with Crippen LogP contribution in [-0.4, -0.2) is 15.0 Å². The summed E-state index contributed by atoms with van der Waals surface area (Å²) >= 11 is 1.69. The van der Waals surface area contributed by atoms with Crippen LogP contribution in [0.1, 0.15) is 36.1 Å². The summed E-state index contributed by atoms with van der Waals surface area (Å²) in [4.78, 5) is 1.40. The number of hydrogen-bond acceptors (Lipinski definition) is 3. The Morgan fingerprint density at radius 3 is 2.61 bits per heavy atom. The fourth-order valence-corrected chi connectivity index (χ4v) is 5.71. The van der Waals surface area contributed by atoms with Crippen molar-refractivity contribution in [2.24, 2.45) is 0 Å². The van der Waals surface area contributed by atoms with Crippen LogP contribution in [0.3, 0.4) is 0 Å². The van der Waals surface area contributed by atoms with Crippen molar-refractivity contribution in [3.05, 3.63) is 52.0 Å². The Morgan fingerprint density at radius 2 is 2.00 bits per heavy atom. The Labute approximate surface area is 140 Å². The van der Waals surface area contributed by atoms with E-state index in [0.717, 1.165) is 25.7 Å². The van der Waals surface area contributed by atoms with Crippen molar-refractivity contribution >= 4 is 21.4 Å². The van der Waals surface area contributed by atoms with Gasteiger partial charge in [0.15, 0.2) is 0 Å². The zero-order valence-electron chi connectivity index (χ0n) is 13.0. The Kier molecular flexibility index (Phi) is 4.58. The normalized spacial score (nSPS) is 17.5. The molecule has 1 heterocycles. The minimum absolute atomic E-state index is 0.102. The number of hydrogen-bond donors (Lipinski definition) is 1. The smallest absolute Gasteiger partial charge is 0.210 e. The van der Waals surface area contributed by atoms with Gasteiger partial charge < -0.3 is 0 Å². The highest BCUT2D eigenvalue weighted by molar-refractivity contribution is 7.89. The second-order valence-corrected chi connectivity index (χ2v) is 8.88. The van der Waals surface area contributed by atoms with E-state index in [-0.39, 0.29) is 10.3 Å². The van der Waals surface area contributed by atoms with E-state index in [1.54, 1.807) is 18.3 Å². The molecular weight excluding hydrogens is 333 g/mol. The lowest BCUT2D eigenvalue weighted by Gasteiger charge is -2.28. The molecule has 1 N–H and O–H groups in total. The summed E-state index contributed by atoms with van der Waals surface area (Å²) in [6.07, 6.45) is 4.24. The highest BCUT2D eigenvalue weighted by Crippen LogP contribution is 2.42. The van der Waals surface area contributed by atoms with Crippen LogP contribution in [-0.2, 0) is 15.4 Å². The summed E-state index contributed by atoms with van der Waals surface area (Å²) in [7, 11) is -3.64. The van der Waals surface area contributed by atoms with Crippen LogP contribution < -0.4 is 4.72 Å². The number of rotatable bonds is 5. The van der Waals surface area contributed by atoms with E-state index in [0.29, 0.717) is 12.1 Å². The third-order valence-corrected chi connectivity index (χ3v) is 7.31. The second kappa shape index (κ2) is 6.34. The van der Waals surface area contributed by atoms with E-state index < -0.39 is 15.8 Å². The second-order valence-electron chi connectivity index (χ2n) is 6.20. The van der Waals surface area contributed by atoms with Gasteiger partial charge in [0.2, 0.25) is 10.0 Å².